The molecule has 1 rings (SSSR count). The maximum absolute atomic E-state index is 13.9. The van der Waals surface area contributed by atoms with Crippen molar-refractivity contribution < 1.29 is 58.2 Å². The highest BCUT2D eigenvalue weighted by Crippen LogP contribution is 2.12. The number of nitrogens with zero attached hydrogens (tertiary/aromatic N) is 2. The van der Waals surface area contributed by atoms with Gasteiger partial charge in [0, 0.05) is 38.3 Å². The number of carbonyl (C=O) groups is 10. The Bertz CT molecular complexity index is 1830. The first kappa shape index (κ1) is 60.6. The van der Waals surface area contributed by atoms with Crippen molar-refractivity contribution in [2.45, 2.75) is 127 Å². The number of thioether (sulfide) groups is 1. The summed E-state index contributed by atoms with van der Waals surface area (Å²) in [6.45, 7) is 3.72. The highest BCUT2D eigenvalue weighted by molar-refractivity contribution is 7.98. The highest BCUT2D eigenvalue weighted by atomic mass is 32.2. The third-order valence-corrected chi connectivity index (χ3v) is 10.8. The molecule has 0 spiro atoms. The van der Waals surface area contributed by atoms with Crippen molar-refractivity contribution in [1.82, 2.24) is 47.4 Å². The van der Waals surface area contributed by atoms with Crippen LogP contribution in [0.25, 0.3) is 0 Å². The van der Waals surface area contributed by atoms with Crippen LogP contribution in [-0.4, -0.2) is 168 Å². The molecule has 20 N–H and O–H groups in total. The number of amides is 8. The minimum atomic E-state index is -1.76. The summed E-state index contributed by atoms with van der Waals surface area (Å²) in [4.78, 5) is 136. The Kier molecular flexibility index (Phi) is 28.4. The van der Waals surface area contributed by atoms with E-state index in [2.05, 4.69) is 47.5 Å². The molecule has 0 saturated heterocycles. The lowest BCUT2D eigenvalue weighted by Gasteiger charge is -2.27. The van der Waals surface area contributed by atoms with Gasteiger partial charge in [0.2, 0.25) is 47.3 Å². The molecule has 0 aliphatic carbocycles. The standard InChI is InChI=1S/C41H73N15O12S/c1-22(2)16-29(35(62)48-19-32(58)50-28(40(67)68)9-7-14-47-41(45)46)54-37(64)26(10-11-31(44)57)52-38(65)27(12-15-69-4)53-39(66)30(18-33(59)60)55-36(63)25(8-5-6-13-42)51-34(61)24(43)17-23-20-56(3)21-49-23/h20,22,24-30,49H,5-19,21,42-43H2,1-4H3,(H2,44,57)(H,48,62)(H,50,58)(H,51,61)(H,52,65)(H,53,66)(H,54,64)(H,55,63)(H,59,60)(H,67,68)(H4,45,46,47)/t24-,25-,26-,27-,28-,29-,30-/m0/s1. The molecule has 7 atom stereocenters. The van der Waals surface area contributed by atoms with Crippen LogP contribution in [0.4, 0.5) is 0 Å². The van der Waals surface area contributed by atoms with Gasteiger partial charge in [-0.3, -0.25) is 48.1 Å². The Hall–Kier alpha value is -6.42. The molecule has 0 saturated carbocycles. The fourth-order valence-corrected chi connectivity index (χ4v) is 7.08. The number of aliphatic imine (C=N–C) groups is 1. The van der Waals surface area contributed by atoms with Gasteiger partial charge in [-0.15, -0.1) is 0 Å². The molecular formula is C41H73N15O12S. The predicted octanol–water partition coefficient (Wildman–Crippen LogP) is -5.13. The Balaban J connectivity index is 3.26. The van der Waals surface area contributed by atoms with Crippen LogP contribution in [0.3, 0.4) is 0 Å². The second-order valence-corrected chi connectivity index (χ2v) is 17.8. The second kappa shape index (κ2) is 32.4. The van der Waals surface area contributed by atoms with E-state index in [0.29, 0.717) is 25.2 Å². The van der Waals surface area contributed by atoms with Crippen molar-refractivity contribution in [3.8, 4) is 0 Å². The number of carboxylic acid groups (broad SMARTS) is 2. The molecular weight excluding hydrogens is 927 g/mol. The van der Waals surface area contributed by atoms with Gasteiger partial charge in [-0.1, -0.05) is 13.8 Å². The maximum Gasteiger partial charge on any atom is 0.326 e. The van der Waals surface area contributed by atoms with Gasteiger partial charge in [0.25, 0.3) is 0 Å². The monoisotopic (exact) mass is 1000 g/mol. The zero-order valence-corrected chi connectivity index (χ0v) is 40.5. The number of nitrogens with one attached hydrogen (secondary N) is 8. The van der Waals surface area contributed by atoms with E-state index in [0.717, 1.165) is 0 Å². The maximum atomic E-state index is 13.9. The third kappa shape index (κ3) is 25.5. The van der Waals surface area contributed by atoms with E-state index in [1.165, 1.54) is 11.8 Å². The van der Waals surface area contributed by atoms with E-state index >= 15 is 0 Å². The predicted molar refractivity (Wildman–Crippen MR) is 255 cm³/mol. The molecule has 69 heavy (non-hydrogen) atoms. The summed E-state index contributed by atoms with van der Waals surface area (Å²) in [5.74, 6) is -10.0. The van der Waals surface area contributed by atoms with Crippen LogP contribution in [0.1, 0.15) is 84.5 Å². The lowest BCUT2D eigenvalue weighted by atomic mass is 10.0. The minimum absolute atomic E-state index is 0.0269. The average Bonchev–Trinajstić information content (AvgIpc) is 3.68. The van der Waals surface area contributed by atoms with Gasteiger partial charge in [-0.05, 0) is 75.8 Å². The molecule has 0 unspecified atom stereocenters. The number of carboxylic acids is 2. The summed E-state index contributed by atoms with van der Waals surface area (Å²) in [7, 11) is 1.82. The molecule has 1 aliphatic rings. The van der Waals surface area contributed by atoms with E-state index in [4.69, 9.17) is 28.7 Å². The molecule has 1 heterocycles. The summed E-state index contributed by atoms with van der Waals surface area (Å²) in [5, 5.41) is 39.5. The van der Waals surface area contributed by atoms with E-state index in [1.54, 1.807) is 26.3 Å². The zero-order chi connectivity index (χ0) is 52.2. The van der Waals surface area contributed by atoms with E-state index < -0.39 is 121 Å². The van der Waals surface area contributed by atoms with Crippen molar-refractivity contribution in [2.24, 2.45) is 39.6 Å². The van der Waals surface area contributed by atoms with Gasteiger partial charge in [0.15, 0.2) is 5.96 Å². The van der Waals surface area contributed by atoms with Gasteiger partial charge >= 0.3 is 11.9 Å². The van der Waals surface area contributed by atoms with Gasteiger partial charge in [-0.2, -0.15) is 11.8 Å². The molecule has 27 nitrogen and oxygen atoms in total. The molecule has 0 aromatic carbocycles. The Morgan fingerprint density at radius 2 is 1.29 bits per heavy atom. The average molecular weight is 1000 g/mol. The first-order valence-corrected chi connectivity index (χ1v) is 23.8. The normalized spacial score (nSPS) is 15.0. The first-order chi connectivity index (χ1) is 32.5. The van der Waals surface area contributed by atoms with Crippen molar-refractivity contribution in [3.05, 3.63) is 11.9 Å². The minimum Gasteiger partial charge on any atom is -0.481 e. The lowest BCUT2D eigenvalue weighted by molar-refractivity contribution is -0.142. The van der Waals surface area contributed by atoms with Gasteiger partial charge < -0.3 is 86.3 Å². The number of rotatable bonds is 35. The smallest absolute Gasteiger partial charge is 0.326 e. The van der Waals surface area contributed by atoms with Crippen molar-refractivity contribution >= 4 is 76.9 Å². The SMILES string of the molecule is CSCC[C@H](NC(=O)[C@H](CC(=O)O)NC(=O)[C@H](CCCCN)NC(=O)[C@@H](N)CC1=CN(C)CN1)C(=O)N[C@@H](CCC(N)=O)C(=O)N[C@@H](CC(C)C)C(=O)NCC(=O)N[C@@H](CCCN=C(N)N)C(=O)O. The lowest BCUT2D eigenvalue weighted by Crippen LogP contribution is -2.60. The van der Waals surface area contributed by atoms with Gasteiger partial charge in [0.1, 0.15) is 36.3 Å². The van der Waals surface area contributed by atoms with Crippen molar-refractivity contribution in [2.75, 3.05) is 45.4 Å². The van der Waals surface area contributed by atoms with Crippen LogP contribution < -0.4 is 71.2 Å². The summed E-state index contributed by atoms with van der Waals surface area (Å²) in [6.07, 6.45) is 2.97. The zero-order valence-electron chi connectivity index (χ0n) is 39.7. The highest BCUT2D eigenvalue weighted by Gasteiger charge is 2.34. The van der Waals surface area contributed by atoms with Crippen LogP contribution in [0, 0.1) is 5.92 Å². The largest absolute Gasteiger partial charge is 0.481 e. The number of hydrogen-bond acceptors (Lipinski definition) is 16. The number of aliphatic carboxylic acids is 2. The second-order valence-electron chi connectivity index (χ2n) is 16.8. The van der Waals surface area contributed by atoms with Crippen LogP contribution in [0.2, 0.25) is 0 Å². The number of primary amides is 1. The fourth-order valence-electron chi connectivity index (χ4n) is 6.61. The number of nitrogens with two attached hydrogens (primary N) is 5. The summed E-state index contributed by atoms with van der Waals surface area (Å²) in [6, 6.07) is -9.68. The molecule has 0 aromatic heterocycles. The third-order valence-electron chi connectivity index (χ3n) is 10.2. The van der Waals surface area contributed by atoms with Crippen LogP contribution in [0.5, 0.6) is 0 Å². The number of hydrogen-bond donors (Lipinski definition) is 15. The number of guanidine groups is 1. The first-order valence-electron chi connectivity index (χ1n) is 22.4. The van der Waals surface area contributed by atoms with Crippen LogP contribution in [0.15, 0.2) is 16.9 Å². The molecule has 28 heteroatoms. The summed E-state index contributed by atoms with van der Waals surface area (Å²) in [5.41, 5.74) is 28.4. The van der Waals surface area contributed by atoms with Crippen molar-refractivity contribution in [1.29, 1.82) is 0 Å². The van der Waals surface area contributed by atoms with E-state index in [9.17, 15) is 58.2 Å². The van der Waals surface area contributed by atoms with Crippen LogP contribution in [-0.2, 0) is 47.9 Å². The topological polar surface area (TPSA) is 453 Å². The molecule has 0 radical (unpaired) electrons. The number of carbonyl (C=O) groups excluding carboxylic acids is 8. The fraction of sp³-hybridized carbons (Fsp3) is 0.683. The van der Waals surface area contributed by atoms with E-state index in [1.807, 2.05) is 11.9 Å². The number of unbranched alkanes of at least 4 members (excludes halogenated alkanes) is 1. The molecule has 0 bridgehead atoms. The van der Waals surface area contributed by atoms with Gasteiger partial charge in [0.05, 0.1) is 25.7 Å². The Morgan fingerprint density at radius 1 is 0.739 bits per heavy atom. The summed E-state index contributed by atoms with van der Waals surface area (Å²) >= 11 is 1.29. The molecule has 390 valence electrons. The quantitative estimate of drug-likeness (QED) is 0.0160. The molecule has 0 fully saturated rings. The summed E-state index contributed by atoms with van der Waals surface area (Å²) < 4.78 is 0. The Morgan fingerprint density at radius 3 is 1.81 bits per heavy atom. The van der Waals surface area contributed by atoms with E-state index in [-0.39, 0.29) is 75.7 Å². The molecule has 0 aromatic rings. The molecule has 1 aliphatic heterocycles. The van der Waals surface area contributed by atoms with Crippen LogP contribution >= 0.6 is 11.8 Å². The molecule has 8 amide bonds. The Labute approximate surface area is 405 Å². The van der Waals surface area contributed by atoms with Crippen molar-refractivity contribution in [3.63, 3.8) is 0 Å². The van der Waals surface area contributed by atoms with Gasteiger partial charge in [-0.25, -0.2) is 4.79 Å².